The first kappa shape index (κ1) is 22.5. The molecule has 0 aliphatic carbocycles. The number of carbonyl (C=O) groups is 3. The van der Waals surface area contributed by atoms with Gasteiger partial charge in [0.1, 0.15) is 5.82 Å². The van der Waals surface area contributed by atoms with Crippen molar-refractivity contribution in [3.05, 3.63) is 65.5 Å². The predicted molar refractivity (Wildman–Crippen MR) is 117 cm³/mol. The second-order valence-electron chi connectivity index (χ2n) is 7.62. The number of likely N-dealkylation sites (tertiary alicyclic amines) is 1. The van der Waals surface area contributed by atoms with Crippen molar-refractivity contribution in [1.82, 2.24) is 9.80 Å². The second-order valence-corrected chi connectivity index (χ2v) is 7.62. The molecule has 0 saturated carbocycles. The summed E-state index contributed by atoms with van der Waals surface area (Å²) in [6.07, 6.45) is 1.13. The van der Waals surface area contributed by atoms with Crippen molar-refractivity contribution in [2.24, 2.45) is 5.92 Å². The third-order valence-electron chi connectivity index (χ3n) is 5.69. The minimum Gasteiger partial charge on any atom is -0.339 e. The molecule has 2 aromatic carbocycles. The van der Waals surface area contributed by atoms with Crippen LogP contribution in [0.3, 0.4) is 0 Å². The molecule has 1 aliphatic heterocycles. The molecule has 3 amide bonds. The maximum Gasteiger partial charge on any atom is 0.253 e. The van der Waals surface area contributed by atoms with Crippen molar-refractivity contribution in [3.63, 3.8) is 0 Å². The summed E-state index contributed by atoms with van der Waals surface area (Å²) < 4.78 is 13.1. The molecule has 0 atom stereocenters. The van der Waals surface area contributed by atoms with E-state index in [9.17, 15) is 18.8 Å². The van der Waals surface area contributed by atoms with Crippen LogP contribution in [0.15, 0.2) is 48.5 Å². The largest absolute Gasteiger partial charge is 0.339 e. The van der Waals surface area contributed by atoms with Gasteiger partial charge in [-0.05, 0) is 75.2 Å². The maximum absolute atomic E-state index is 13.1. The number of anilines is 1. The normalized spacial score (nSPS) is 14.2. The molecule has 0 radical (unpaired) electrons. The molecule has 1 saturated heterocycles. The standard InChI is InChI=1S/C24H28FN3O3/c1-3-27(4-2)23(30)19-7-11-21(12-8-19)26-22(29)17-13-15-28(16-14-17)24(31)18-5-9-20(25)10-6-18/h5-12,17H,3-4,13-16H2,1-2H3,(H,26,29). The smallest absolute Gasteiger partial charge is 0.253 e. The topological polar surface area (TPSA) is 69.7 Å². The Labute approximate surface area is 182 Å². The van der Waals surface area contributed by atoms with Gasteiger partial charge in [0.2, 0.25) is 5.91 Å². The van der Waals surface area contributed by atoms with Gasteiger partial charge in [-0.1, -0.05) is 0 Å². The summed E-state index contributed by atoms with van der Waals surface area (Å²) >= 11 is 0. The minimum absolute atomic E-state index is 0.0268. The molecule has 31 heavy (non-hydrogen) atoms. The van der Waals surface area contributed by atoms with Crippen LogP contribution in [0.1, 0.15) is 47.4 Å². The molecule has 1 aliphatic rings. The van der Waals surface area contributed by atoms with Crippen molar-refractivity contribution < 1.29 is 18.8 Å². The van der Waals surface area contributed by atoms with Crippen LogP contribution >= 0.6 is 0 Å². The monoisotopic (exact) mass is 425 g/mol. The zero-order chi connectivity index (χ0) is 22.4. The van der Waals surface area contributed by atoms with Crippen LogP contribution in [0.25, 0.3) is 0 Å². The van der Waals surface area contributed by atoms with Gasteiger partial charge < -0.3 is 15.1 Å². The number of hydrogen-bond donors (Lipinski definition) is 1. The summed E-state index contributed by atoms with van der Waals surface area (Å²) in [4.78, 5) is 41.0. The Morgan fingerprint density at radius 1 is 0.935 bits per heavy atom. The molecular formula is C24H28FN3O3. The fraction of sp³-hybridized carbons (Fsp3) is 0.375. The first-order valence-corrected chi connectivity index (χ1v) is 10.7. The van der Waals surface area contributed by atoms with Crippen LogP contribution < -0.4 is 5.32 Å². The zero-order valence-corrected chi connectivity index (χ0v) is 17.9. The molecular weight excluding hydrogens is 397 g/mol. The van der Waals surface area contributed by atoms with Gasteiger partial charge in [-0.25, -0.2) is 4.39 Å². The van der Waals surface area contributed by atoms with Crippen LogP contribution in [0.5, 0.6) is 0 Å². The van der Waals surface area contributed by atoms with Gasteiger partial charge in [0.05, 0.1) is 0 Å². The molecule has 0 unspecified atom stereocenters. The van der Waals surface area contributed by atoms with Crippen molar-refractivity contribution in [2.45, 2.75) is 26.7 Å². The zero-order valence-electron chi connectivity index (χ0n) is 17.9. The van der Waals surface area contributed by atoms with Crippen molar-refractivity contribution in [1.29, 1.82) is 0 Å². The van der Waals surface area contributed by atoms with Gasteiger partial charge in [-0.2, -0.15) is 0 Å². The summed E-state index contributed by atoms with van der Waals surface area (Å²) in [6.45, 7) is 6.13. The van der Waals surface area contributed by atoms with Crippen LogP contribution in [0.2, 0.25) is 0 Å². The Morgan fingerprint density at radius 3 is 2.03 bits per heavy atom. The Hall–Kier alpha value is -3.22. The van der Waals surface area contributed by atoms with Gasteiger partial charge in [0.25, 0.3) is 11.8 Å². The minimum atomic E-state index is -0.377. The lowest BCUT2D eigenvalue weighted by atomic mass is 9.95. The van der Waals surface area contributed by atoms with Crippen LogP contribution in [-0.4, -0.2) is 53.7 Å². The number of piperidine rings is 1. The van der Waals surface area contributed by atoms with E-state index >= 15 is 0 Å². The van der Waals surface area contributed by atoms with E-state index in [0.717, 1.165) is 0 Å². The molecule has 0 spiro atoms. The molecule has 1 fully saturated rings. The van der Waals surface area contributed by atoms with Crippen molar-refractivity contribution in [3.8, 4) is 0 Å². The highest BCUT2D eigenvalue weighted by Gasteiger charge is 2.28. The van der Waals surface area contributed by atoms with Crippen LogP contribution in [0, 0.1) is 11.7 Å². The van der Waals surface area contributed by atoms with Crippen LogP contribution in [-0.2, 0) is 4.79 Å². The number of rotatable bonds is 6. The summed E-state index contributed by atoms with van der Waals surface area (Å²) in [6, 6.07) is 12.4. The molecule has 164 valence electrons. The fourth-order valence-corrected chi connectivity index (χ4v) is 3.75. The Kier molecular flexibility index (Phi) is 7.39. The summed E-state index contributed by atoms with van der Waals surface area (Å²) in [5.41, 5.74) is 1.68. The summed E-state index contributed by atoms with van der Waals surface area (Å²) in [7, 11) is 0. The molecule has 6 nitrogen and oxygen atoms in total. The van der Waals surface area contributed by atoms with Gasteiger partial charge in [0.15, 0.2) is 0 Å². The van der Waals surface area contributed by atoms with Gasteiger partial charge in [-0.3, -0.25) is 14.4 Å². The highest BCUT2D eigenvalue weighted by Crippen LogP contribution is 2.21. The van der Waals surface area contributed by atoms with E-state index in [4.69, 9.17) is 0 Å². The number of nitrogens with one attached hydrogen (secondary N) is 1. The molecule has 0 bridgehead atoms. The van der Waals surface area contributed by atoms with E-state index in [1.54, 1.807) is 34.1 Å². The number of benzene rings is 2. The fourth-order valence-electron chi connectivity index (χ4n) is 3.75. The van der Waals surface area contributed by atoms with E-state index in [2.05, 4.69) is 5.32 Å². The molecule has 2 aromatic rings. The van der Waals surface area contributed by atoms with E-state index < -0.39 is 0 Å². The highest BCUT2D eigenvalue weighted by molar-refractivity contribution is 5.97. The first-order chi connectivity index (χ1) is 14.9. The number of carbonyl (C=O) groups excluding carboxylic acids is 3. The van der Waals surface area contributed by atoms with E-state index in [1.807, 2.05) is 13.8 Å². The lowest BCUT2D eigenvalue weighted by Gasteiger charge is -2.31. The quantitative estimate of drug-likeness (QED) is 0.765. The number of amides is 3. The third kappa shape index (κ3) is 5.48. The molecule has 0 aromatic heterocycles. The van der Waals surface area contributed by atoms with Crippen molar-refractivity contribution >= 4 is 23.4 Å². The lowest BCUT2D eigenvalue weighted by molar-refractivity contribution is -0.121. The summed E-state index contributed by atoms with van der Waals surface area (Å²) in [5.74, 6) is -0.822. The molecule has 7 heteroatoms. The summed E-state index contributed by atoms with van der Waals surface area (Å²) in [5, 5.41) is 2.91. The predicted octanol–water partition coefficient (Wildman–Crippen LogP) is 3.80. The Balaban J connectivity index is 1.52. The number of halogens is 1. The van der Waals surface area contributed by atoms with E-state index in [0.29, 0.717) is 55.8 Å². The molecule has 1 heterocycles. The number of hydrogen-bond acceptors (Lipinski definition) is 3. The molecule has 1 N–H and O–H groups in total. The second kappa shape index (κ2) is 10.2. The van der Waals surface area contributed by atoms with Crippen LogP contribution in [0.4, 0.5) is 10.1 Å². The average Bonchev–Trinajstić information content (AvgIpc) is 2.80. The third-order valence-corrected chi connectivity index (χ3v) is 5.69. The average molecular weight is 426 g/mol. The van der Waals surface area contributed by atoms with Gasteiger partial charge in [-0.15, -0.1) is 0 Å². The Bertz CT molecular complexity index is 916. The molecule has 3 rings (SSSR count). The maximum atomic E-state index is 13.1. The lowest BCUT2D eigenvalue weighted by Crippen LogP contribution is -2.41. The van der Waals surface area contributed by atoms with Crippen molar-refractivity contribution in [2.75, 3.05) is 31.5 Å². The Morgan fingerprint density at radius 2 is 1.48 bits per heavy atom. The number of nitrogens with zero attached hydrogens (tertiary/aromatic N) is 2. The van der Waals surface area contributed by atoms with Gasteiger partial charge >= 0.3 is 0 Å². The van der Waals surface area contributed by atoms with Gasteiger partial charge in [0, 0.05) is 48.9 Å². The van der Waals surface area contributed by atoms with E-state index in [1.165, 1.54) is 24.3 Å². The highest BCUT2D eigenvalue weighted by atomic mass is 19.1. The first-order valence-electron chi connectivity index (χ1n) is 10.7. The SMILES string of the molecule is CCN(CC)C(=O)c1ccc(NC(=O)C2CCN(C(=O)c3ccc(F)cc3)CC2)cc1. The van der Waals surface area contributed by atoms with E-state index in [-0.39, 0.29) is 29.5 Å².